The molecule has 108 valence electrons. The summed E-state index contributed by atoms with van der Waals surface area (Å²) in [4.78, 5) is 0. The second-order valence-electron chi connectivity index (χ2n) is 4.48. The normalized spacial score (nSPS) is 10.8. The van der Waals surface area contributed by atoms with Crippen molar-refractivity contribution >= 4 is 38.3 Å². The van der Waals surface area contributed by atoms with Crippen molar-refractivity contribution in [2.24, 2.45) is 0 Å². The van der Waals surface area contributed by atoms with Gasteiger partial charge in [0.25, 0.3) is 0 Å². The summed E-state index contributed by atoms with van der Waals surface area (Å²) in [6.07, 6.45) is -0.00291. The van der Waals surface area contributed by atoms with E-state index in [2.05, 4.69) is 25.6 Å². The maximum atomic E-state index is 13.7. The minimum absolute atomic E-state index is 0.00291. The molecule has 1 aromatic carbocycles. The molecule has 0 radical (unpaired) electrons. The van der Waals surface area contributed by atoms with Crippen molar-refractivity contribution in [2.45, 2.75) is 26.5 Å². The fourth-order valence-corrected chi connectivity index (χ4v) is 2.66. The van der Waals surface area contributed by atoms with Gasteiger partial charge in [0.05, 0.1) is 6.10 Å². The van der Waals surface area contributed by atoms with Crippen LogP contribution in [-0.4, -0.2) is 10.5 Å². The standard InChI is InChI=1S/C13H15BrFN3OS/c1-7(2)19-11-12(16)18-20-13(11)17-6-8-5-9(14)3-4-10(8)15/h3-5,7,17H,6H2,1-2H3,(H2,16,18). The van der Waals surface area contributed by atoms with E-state index in [0.717, 1.165) is 4.47 Å². The van der Waals surface area contributed by atoms with Crippen LogP contribution in [0.15, 0.2) is 22.7 Å². The average molecular weight is 360 g/mol. The molecule has 7 heteroatoms. The molecule has 0 atom stereocenters. The van der Waals surface area contributed by atoms with Gasteiger partial charge in [-0.05, 0) is 43.6 Å². The van der Waals surface area contributed by atoms with Gasteiger partial charge in [0.1, 0.15) is 5.82 Å². The second-order valence-corrected chi connectivity index (χ2v) is 6.17. The van der Waals surface area contributed by atoms with Crippen LogP contribution in [0, 0.1) is 5.82 Å². The van der Waals surface area contributed by atoms with Crippen molar-refractivity contribution < 1.29 is 9.13 Å². The predicted octanol–water partition coefficient (Wildman–Crippen LogP) is 4.03. The Morgan fingerprint density at radius 1 is 1.50 bits per heavy atom. The molecule has 2 rings (SSSR count). The van der Waals surface area contributed by atoms with E-state index in [1.165, 1.54) is 17.6 Å². The first kappa shape index (κ1) is 15.1. The molecule has 0 amide bonds. The number of nitrogens with one attached hydrogen (secondary N) is 1. The zero-order chi connectivity index (χ0) is 14.7. The molecule has 0 aliphatic heterocycles. The average Bonchev–Trinajstić information content (AvgIpc) is 2.72. The molecule has 0 saturated heterocycles. The molecule has 0 unspecified atom stereocenters. The molecule has 0 saturated carbocycles. The molecule has 2 aromatic rings. The van der Waals surface area contributed by atoms with Crippen LogP contribution in [0.3, 0.4) is 0 Å². The van der Waals surface area contributed by atoms with E-state index < -0.39 is 0 Å². The molecule has 4 nitrogen and oxygen atoms in total. The molecule has 1 heterocycles. The number of rotatable bonds is 5. The van der Waals surface area contributed by atoms with Crippen LogP contribution in [-0.2, 0) is 6.54 Å². The Labute approximate surface area is 129 Å². The van der Waals surface area contributed by atoms with Crippen molar-refractivity contribution in [3.8, 4) is 5.75 Å². The van der Waals surface area contributed by atoms with Gasteiger partial charge >= 0.3 is 0 Å². The van der Waals surface area contributed by atoms with E-state index in [1.54, 1.807) is 12.1 Å². The van der Waals surface area contributed by atoms with Crippen LogP contribution in [0.4, 0.5) is 15.2 Å². The quantitative estimate of drug-likeness (QED) is 0.845. The van der Waals surface area contributed by atoms with Gasteiger partial charge in [-0.3, -0.25) is 0 Å². The van der Waals surface area contributed by atoms with Gasteiger partial charge in [-0.25, -0.2) is 4.39 Å². The zero-order valence-corrected chi connectivity index (χ0v) is 13.5. The van der Waals surface area contributed by atoms with Crippen LogP contribution in [0.2, 0.25) is 0 Å². The van der Waals surface area contributed by atoms with E-state index in [0.29, 0.717) is 28.7 Å². The number of nitrogens with zero attached hydrogens (tertiary/aromatic N) is 1. The van der Waals surface area contributed by atoms with Gasteiger partial charge in [0, 0.05) is 16.6 Å². The van der Waals surface area contributed by atoms with Gasteiger partial charge < -0.3 is 15.8 Å². The lowest BCUT2D eigenvalue weighted by Gasteiger charge is -2.12. The number of benzene rings is 1. The largest absolute Gasteiger partial charge is 0.484 e. The van der Waals surface area contributed by atoms with Crippen molar-refractivity contribution in [2.75, 3.05) is 11.1 Å². The first-order valence-corrected chi connectivity index (χ1v) is 7.63. The maximum Gasteiger partial charge on any atom is 0.197 e. The number of ether oxygens (including phenoxy) is 1. The lowest BCUT2D eigenvalue weighted by Crippen LogP contribution is -2.09. The Balaban J connectivity index is 2.13. The van der Waals surface area contributed by atoms with Gasteiger partial charge in [-0.2, -0.15) is 4.37 Å². The molecule has 0 aliphatic rings. The monoisotopic (exact) mass is 359 g/mol. The molecule has 1 aromatic heterocycles. The number of halogens is 2. The SMILES string of the molecule is CC(C)Oc1c(N)nsc1NCc1cc(Br)ccc1F. The molecular formula is C13H15BrFN3OS. The number of aromatic nitrogens is 1. The lowest BCUT2D eigenvalue weighted by atomic mass is 10.2. The molecular weight excluding hydrogens is 345 g/mol. The summed E-state index contributed by atoms with van der Waals surface area (Å²) in [5.41, 5.74) is 6.32. The Morgan fingerprint density at radius 3 is 2.95 bits per heavy atom. The highest BCUT2D eigenvalue weighted by molar-refractivity contribution is 9.10. The number of anilines is 2. The molecule has 3 N–H and O–H groups in total. The molecule has 0 spiro atoms. The summed E-state index contributed by atoms with van der Waals surface area (Å²) >= 11 is 4.53. The fourth-order valence-electron chi connectivity index (χ4n) is 1.61. The van der Waals surface area contributed by atoms with E-state index in [1.807, 2.05) is 13.8 Å². The molecule has 0 bridgehead atoms. The van der Waals surface area contributed by atoms with E-state index in [-0.39, 0.29) is 11.9 Å². The minimum atomic E-state index is -0.260. The van der Waals surface area contributed by atoms with Gasteiger partial charge in [0.2, 0.25) is 0 Å². The van der Waals surface area contributed by atoms with E-state index >= 15 is 0 Å². The predicted molar refractivity (Wildman–Crippen MR) is 83.7 cm³/mol. The van der Waals surface area contributed by atoms with E-state index in [4.69, 9.17) is 10.5 Å². The first-order chi connectivity index (χ1) is 9.47. The number of hydrogen-bond acceptors (Lipinski definition) is 5. The van der Waals surface area contributed by atoms with Crippen LogP contribution in [0.25, 0.3) is 0 Å². The van der Waals surface area contributed by atoms with Crippen molar-refractivity contribution in [1.82, 2.24) is 4.37 Å². The summed E-state index contributed by atoms with van der Waals surface area (Å²) in [5.74, 6) is 0.617. The van der Waals surface area contributed by atoms with E-state index in [9.17, 15) is 4.39 Å². The lowest BCUT2D eigenvalue weighted by molar-refractivity contribution is 0.245. The maximum absolute atomic E-state index is 13.7. The smallest absolute Gasteiger partial charge is 0.197 e. The number of hydrogen-bond donors (Lipinski definition) is 2. The van der Waals surface area contributed by atoms with Gasteiger partial charge in [-0.1, -0.05) is 15.9 Å². The topological polar surface area (TPSA) is 60.2 Å². The molecule has 0 fully saturated rings. The van der Waals surface area contributed by atoms with Gasteiger partial charge in [-0.15, -0.1) is 0 Å². The Morgan fingerprint density at radius 2 is 2.25 bits per heavy atom. The third kappa shape index (κ3) is 3.61. The Bertz CT molecular complexity index is 603. The van der Waals surface area contributed by atoms with Crippen LogP contribution < -0.4 is 15.8 Å². The molecule has 0 aliphatic carbocycles. The summed E-state index contributed by atoms with van der Waals surface area (Å²) in [7, 11) is 0. The van der Waals surface area contributed by atoms with Crippen LogP contribution in [0.1, 0.15) is 19.4 Å². The van der Waals surface area contributed by atoms with Crippen LogP contribution in [0.5, 0.6) is 5.75 Å². The second kappa shape index (κ2) is 6.41. The third-order valence-corrected chi connectivity index (χ3v) is 3.77. The third-order valence-electron chi connectivity index (χ3n) is 2.47. The highest BCUT2D eigenvalue weighted by atomic mass is 79.9. The number of nitrogen functional groups attached to an aromatic ring is 1. The summed E-state index contributed by atoms with van der Waals surface area (Å²) < 4.78 is 24.2. The Kier molecular flexibility index (Phi) is 4.82. The van der Waals surface area contributed by atoms with Crippen molar-refractivity contribution in [3.63, 3.8) is 0 Å². The molecule has 20 heavy (non-hydrogen) atoms. The summed E-state index contributed by atoms with van der Waals surface area (Å²) in [5, 5.41) is 3.82. The van der Waals surface area contributed by atoms with Crippen molar-refractivity contribution in [1.29, 1.82) is 0 Å². The zero-order valence-electron chi connectivity index (χ0n) is 11.1. The fraction of sp³-hybridized carbons (Fsp3) is 0.308. The van der Waals surface area contributed by atoms with Gasteiger partial charge in [0.15, 0.2) is 16.6 Å². The highest BCUT2D eigenvalue weighted by Gasteiger charge is 2.14. The van der Waals surface area contributed by atoms with Crippen molar-refractivity contribution in [3.05, 3.63) is 34.1 Å². The first-order valence-electron chi connectivity index (χ1n) is 6.07. The highest BCUT2D eigenvalue weighted by Crippen LogP contribution is 2.36. The number of nitrogens with two attached hydrogens (primary N) is 1. The summed E-state index contributed by atoms with van der Waals surface area (Å²) in [6, 6.07) is 4.82. The Hall–Kier alpha value is -1.34. The minimum Gasteiger partial charge on any atom is -0.484 e. The van der Waals surface area contributed by atoms with Crippen LogP contribution >= 0.6 is 27.5 Å². The summed E-state index contributed by atoms with van der Waals surface area (Å²) in [6.45, 7) is 4.16.